The van der Waals surface area contributed by atoms with Crippen LogP contribution in [-0.4, -0.2) is 10.7 Å². The fourth-order valence-electron chi connectivity index (χ4n) is 1.95. The van der Waals surface area contributed by atoms with E-state index >= 15 is 0 Å². The molecule has 1 saturated carbocycles. The van der Waals surface area contributed by atoms with Crippen LogP contribution in [0.15, 0.2) is 21.3 Å². The van der Waals surface area contributed by atoms with Gasteiger partial charge in [-0.25, -0.2) is 4.79 Å². The maximum Gasteiger partial charge on any atom is 0.337 e. The minimum Gasteiger partial charge on any atom is -0.428 e. The number of aryl methyl sites for hydroxylation is 1. The molecule has 0 spiro atoms. The molecule has 1 heterocycles. The van der Waals surface area contributed by atoms with E-state index in [1.807, 2.05) is 0 Å². The smallest absolute Gasteiger partial charge is 0.337 e. The molecule has 16 heavy (non-hydrogen) atoms. The molecule has 84 valence electrons. The quantitative estimate of drug-likeness (QED) is 0.673. The summed E-state index contributed by atoms with van der Waals surface area (Å²) in [4.78, 5) is 11.1. The predicted molar refractivity (Wildman–Crippen MR) is 60.0 cm³/mol. The van der Waals surface area contributed by atoms with Crippen molar-refractivity contribution in [3.8, 4) is 11.8 Å². The van der Waals surface area contributed by atoms with Crippen LogP contribution in [0.3, 0.4) is 0 Å². The molecule has 1 aromatic heterocycles. The summed E-state index contributed by atoms with van der Waals surface area (Å²) in [6.07, 6.45) is 3.48. The summed E-state index contributed by atoms with van der Waals surface area (Å²) in [7, 11) is 0. The Bertz CT molecular complexity index is 496. The topological polar surface area (TPSA) is 50.4 Å². The molecule has 0 aromatic carbocycles. The third-order valence-electron chi connectivity index (χ3n) is 2.76. The van der Waals surface area contributed by atoms with Crippen molar-refractivity contribution in [1.82, 2.24) is 0 Å². The molecule has 0 radical (unpaired) electrons. The molecule has 1 aromatic rings. The zero-order valence-corrected chi connectivity index (χ0v) is 9.25. The molecule has 0 atom stereocenters. The summed E-state index contributed by atoms with van der Waals surface area (Å²) in [5.41, 5.74) is -0.652. The average molecular weight is 218 g/mol. The van der Waals surface area contributed by atoms with E-state index < -0.39 is 11.2 Å². The monoisotopic (exact) mass is 218 g/mol. The number of aliphatic hydroxyl groups is 1. The van der Waals surface area contributed by atoms with Crippen LogP contribution in [0.2, 0.25) is 0 Å². The van der Waals surface area contributed by atoms with Crippen molar-refractivity contribution in [3.05, 3.63) is 33.9 Å². The molecular formula is C13H14O3. The summed E-state index contributed by atoms with van der Waals surface area (Å²) >= 11 is 0. The molecule has 1 aliphatic carbocycles. The zero-order valence-electron chi connectivity index (χ0n) is 9.25. The lowest BCUT2D eigenvalue weighted by molar-refractivity contribution is 0.110. The molecular weight excluding hydrogens is 204 g/mol. The van der Waals surface area contributed by atoms with Crippen molar-refractivity contribution in [2.45, 2.75) is 38.2 Å². The Morgan fingerprint density at radius 3 is 2.69 bits per heavy atom. The van der Waals surface area contributed by atoms with E-state index in [0.29, 0.717) is 11.3 Å². The van der Waals surface area contributed by atoms with Crippen LogP contribution in [0.5, 0.6) is 0 Å². The fraction of sp³-hybridized carbons (Fsp3) is 0.462. The van der Waals surface area contributed by atoms with Gasteiger partial charge in [-0.15, -0.1) is 0 Å². The number of hydrogen-bond acceptors (Lipinski definition) is 3. The normalized spacial score (nSPS) is 17.9. The molecule has 2 rings (SSSR count). The average Bonchev–Trinajstić information content (AvgIpc) is 2.62. The highest BCUT2D eigenvalue weighted by molar-refractivity contribution is 5.35. The van der Waals surface area contributed by atoms with E-state index in [4.69, 9.17) is 4.42 Å². The third kappa shape index (κ3) is 2.53. The van der Waals surface area contributed by atoms with Crippen LogP contribution in [0.25, 0.3) is 0 Å². The second kappa shape index (κ2) is 4.15. The summed E-state index contributed by atoms with van der Waals surface area (Å²) in [6.45, 7) is 1.71. The SMILES string of the molecule is Cc1cc(C#CC2(O)CCCC2)cc(=O)o1. The van der Waals surface area contributed by atoms with E-state index in [1.54, 1.807) is 13.0 Å². The van der Waals surface area contributed by atoms with E-state index in [2.05, 4.69) is 11.8 Å². The Morgan fingerprint density at radius 1 is 1.38 bits per heavy atom. The highest BCUT2D eigenvalue weighted by atomic mass is 16.4. The van der Waals surface area contributed by atoms with Gasteiger partial charge in [-0.2, -0.15) is 0 Å². The third-order valence-corrected chi connectivity index (χ3v) is 2.76. The molecule has 0 unspecified atom stereocenters. The van der Waals surface area contributed by atoms with Gasteiger partial charge in [0.25, 0.3) is 0 Å². The first kappa shape index (κ1) is 11.0. The van der Waals surface area contributed by atoms with Gasteiger partial charge in [0, 0.05) is 11.6 Å². The zero-order chi connectivity index (χ0) is 11.6. The Kier molecular flexibility index (Phi) is 2.84. The van der Waals surface area contributed by atoms with Crippen molar-refractivity contribution in [2.24, 2.45) is 0 Å². The summed E-state index contributed by atoms with van der Waals surface area (Å²) in [6, 6.07) is 3.05. The first-order chi connectivity index (χ1) is 7.57. The van der Waals surface area contributed by atoms with Crippen molar-refractivity contribution in [2.75, 3.05) is 0 Å². The van der Waals surface area contributed by atoms with Gasteiger partial charge in [0.05, 0.1) is 0 Å². The fourth-order valence-corrected chi connectivity index (χ4v) is 1.95. The van der Waals surface area contributed by atoms with Crippen LogP contribution in [0.1, 0.15) is 37.0 Å². The highest BCUT2D eigenvalue weighted by Gasteiger charge is 2.28. The van der Waals surface area contributed by atoms with Crippen molar-refractivity contribution in [1.29, 1.82) is 0 Å². The van der Waals surface area contributed by atoms with Gasteiger partial charge in [0.2, 0.25) is 0 Å². The summed E-state index contributed by atoms with van der Waals surface area (Å²) in [5, 5.41) is 10.0. The molecule has 0 aliphatic heterocycles. The molecule has 0 bridgehead atoms. The Balaban J connectivity index is 2.26. The van der Waals surface area contributed by atoms with Gasteiger partial charge in [-0.3, -0.25) is 0 Å². The van der Waals surface area contributed by atoms with Gasteiger partial charge in [0.15, 0.2) is 0 Å². The van der Waals surface area contributed by atoms with Crippen LogP contribution >= 0.6 is 0 Å². The second-order valence-corrected chi connectivity index (χ2v) is 4.26. The van der Waals surface area contributed by atoms with Crippen molar-refractivity contribution < 1.29 is 9.52 Å². The summed E-state index contributed by atoms with van der Waals surface area (Å²) < 4.78 is 4.83. The Hall–Kier alpha value is -1.53. The predicted octanol–water partition coefficient (Wildman–Crippen LogP) is 1.60. The van der Waals surface area contributed by atoms with E-state index in [9.17, 15) is 9.90 Å². The van der Waals surface area contributed by atoms with Gasteiger partial charge in [-0.05, 0) is 38.7 Å². The number of rotatable bonds is 0. The van der Waals surface area contributed by atoms with Crippen LogP contribution in [0.4, 0.5) is 0 Å². The molecule has 0 saturated heterocycles. The molecule has 3 nitrogen and oxygen atoms in total. The largest absolute Gasteiger partial charge is 0.428 e. The van der Waals surface area contributed by atoms with E-state index in [0.717, 1.165) is 25.7 Å². The van der Waals surface area contributed by atoms with Gasteiger partial charge >= 0.3 is 5.63 Å². The van der Waals surface area contributed by atoms with Crippen molar-refractivity contribution in [3.63, 3.8) is 0 Å². The molecule has 3 heteroatoms. The second-order valence-electron chi connectivity index (χ2n) is 4.26. The van der Waals surface area contributed by atoms with Gasteiger partial charge in [0.1, 0.15) is 11.4 Å². The minimum absolute atomic E-state index is 0.400. The maximum absolute atomic E-state index is 11.1. The first-order valence-corrected chi connectivity index (χ1v) is 5.45. The number of hydrogen-bond donors (Lipinski definition) is 1. The van der Waals surface area contributed by atoms with Crippen LogP contribution in [-0.2, 0) is 0 Å². The van der Waals surface area contributed by atoms with Crippen LogP contribution < -0.4 is 5.63 Å². The van der Waals surface area contributed by atoms with E-state index in [1.165, 1.54) is 6.07 Å². The molecule has 0 amide bonds. The summed E-state index contributed by atoms with van der Waals surface area (Å²) in [5.74, 6) is 6.24. The molecule has 1 fully saturated rings. The molecule has 1 N–H and O–H groups in total. The molecule has 1 aliphatic rings. The minimum atomic E-state index is -0.857. The van der Waals surface area contributed by atoms with Crippen LogP contribution in [0, 0.1) is 18.8 Å². The Morgan fingerprint density at radius 2 is 2.06 bits per heavy atom. The van der Waals surface area contributed by atoms with Crippen molar-refractivity contribution >= 4 is 0 Å². The first-order valence-electron chi connectivity index (χ1n) is 5.45. The standard InChI is InChI=1S/C13H14O3/c1-10-8-11(9-12(14)16-10)4-7-13(15)5-2-3-6-13/h8-9,15H,2-3,5-6H2,1H3. The lowest BCUT2D eigenvalue weighted by atomic mass is 10.0. The highest BCUT2D eigenvalue weighted by Crippen LogP contribution is 2.28. The Labute approximate surface area is 94.1 Å². The van der Waals surface area contributed by atoms with Gasteiger partial charge < -0.3 is 9.52 Å². The lowest BCUT2D eigenvalue weighted by Crippen LogP contribution is -2.20. The maximum atomic E-state index is 11.1. The van der Waals surface area contributed by atoms with Gasteiger partial charge in [-0.1, -0.05) is 11.8 Å². The van der Waals surface area contributed by atoms with E-state index in [-0.39, 0.29) is 0 Å². The lowest BCUT2D eigenvalue weighted by Gasteiger charge is -2.12.